The van der Waals surface area contributed by atoms with E-state index in [-0.39, 0.29) is 17.9 Å². The predicted octanol–water partition coefficient (Wildman–Crippen LogP) is 4.24. The number of halogens is 1. The number of anilines is 1. The molecule has 4 heteroatoms. The second kappa shape index (κ2) is 6.85. The minimum absolute atomic E-state index is 0.0392. The highest BCUT2D eigenvalue weighted by Gasteiger charge is 2.39. The Balaban J connectivity index is 2.17. The third-order valence-corrected chi connectivity index (χ3v) is 5.05. The average Bonchev–Trinajstić information content (AvgIpc) is 2.57. The minimum atomic E-state index is -0.186. The fourth-order valence-corrected chi connectivity index (χ4v) is 3.83. The van der Waals surface area contributed by atoms with E-state index < -0.39 is 0 Å². The second-order valence-corrected chi connectivity index (χ2v) is 6.69. The van der Waals surface area contributed by atoms with Crippen molar-refractivity contribution in [2.24, 2.45) is 0 Å². The van der Waals surface area contributed by atoms with Crippen molar-refractivity contribution < 1.29 is 4.79 Å². The minimum Gasteiger partial charge on any atom is -0.324 e. The Bertz CT molecular complexity index is 698. The van der Waals surface area contributed by atoms with E-state index in [0.29, 0.717) is 0 Å². The Morgan fingerprint density at radius 3 is 2.43 bits per heavy atom. The van der Waals surface area contributed by atoms with Crippen LogP contribution in [0.1, 0.15) is 30.9 Å². The molecule has 0 saturated carbocycles. The van der Waals surface area contributed by atoms with Crippen molar-refractivity contribution in [2.45, 2.75) is 25.8 Å². The molecule has 0 aromatic heterocycles. The number of fused-ring (bicyclic) bond motifs is 1. The molecule has 2 unspecified atom stereocenters. The van der Waals surface area contributed by atoms with Gasteiger partial charge in [-0.1, -0.05) is 60.1 Å². The Morgan fingerprint density at radius 2 is 1.78 bits per heavy atom. The maximum Gasteiger partial charge on any atom is 0.242 e. The highest BCUT2D eigenvalue weighted by atomic mass is 79.9. The van der Waals surface area contributed by atoms with Gasteiger partial charge in [-0.05, 0) is 42.4 Å². The van der Waals surface area contributed by atoms with Gasteiger partial charge < -0.3 is 5.32 Å². The van der Waals surface area contributed by atoms with E-state index in [4.69, 9.17) is 0 Å². The van der Waals surface area contributed by atoms with Crippen LogP contribution >= 0.6 is 15.9 Å². The van der Waals surface area contributed by atoms with Crippen LogP contribution in [-0.4, -0.2) is 29.9 Å². The molecular weight excluding hydrogens is 352 g/mol. The molecule has 1 N–H and O–H groups in total. The monoisotopic (exact) mass is 372 g/mol. The van der Waals surface area contributed by atoms with E-state index in [1.54, 1.807) is 0 Å². The molecule has 1 amide bonds. The molecule has 3 nitrogen and oxygen atoms in total. The molecule has 1 aliphatic heterocycles. The Labute approximate surface area is 145 Å². The topological polar surface area (TPSA) is 32.3 Å². The van der Waals surface area contributed by atoms with E-state index in [2.05, 4.69) is 58.2 Å². The molecule has 0 fully saturated rings. The van der Waals surface area contributed by atoms with Crippen molar-refractivity contribution in [1.29, 1.82) is 0 Å². The number of benzene rings is 2. The van der Waals surface area contributed by atoms with Crippen LogP contribution in [0.3, 0.4) is 0 Å². The molecule has 3 rings (SSSR count). The van der Waals surface area contributed by atoms with Crippen LogP contribution in [0.25, 0.3) is 0 Å². The molecule has 2 atom stereocenters. The van der Waals surface area contributed by atoms with Crippen LogP contribution in [-0.2, 0) is 4.79 Å². The van der Waals surface area contributed by atoms with Crippen molar-refractivity contribution in [3.63, 3.8) is 0 Å². The van der Waals surface area contributed by atoms with Gasteiger partial charge in [-0.3, -0.25) is 9.69 Å². The Kier molecular flexibility index (Phi) is 4.83. The van der Waals surface area contributed by atoms with Gasteiger partial charge in [-0.2, -0.15) is 0 Å². The highest BCUT2D eigenvalue weighted by Crippen LogP contribution is 2.40. The van der Waals surface area contributed by atoms with Gasteiger partial charge in [0.25, 0.3) is 0 Å². The molecule has 0 bridgehead atoms. The largest absolute Gasteiger partial charge is 0.324 e. The first-order valence-corrected chi connectivity index (χ1v) is 8.84. The number of hydrogen-bond donors (Lipinski definition) is 1. The number of carbonyl (C=O) groups is 1. The molecule has 120 valence electrons. The summed E-state index contributed by atoms with van der Waals surface area (Å²) in [6.07, 6.45) is 0. The smallest absolute Gasteiger partial charge is 0.242 e. The van der Waals surface area contributed by atoms with Gasteiger partial charge in [0.15, 0.2) is 0 Å². The summed E-state index contributed by atoms with van der Waals surface area (Å²) < 4.78 is 1.03. The normalized spacial score (nSPS) is 20.3. The molecular formula is C19H21BrN2O. The molecule has 1 heterocycles. The van der Waals surface area contributed by atoms with E-state index in [1.165, 1.54) is 11.1 Å². The summed E-state index contributed by atoms with van der Waals surface area (Å²) in [6, 6.07) is 16.2. The third kappa shape index (κ3) is 3.06. The van der Waals surface area contributed by atoms with E-state index >= 15 is 0 Å². The molecule has 2 aromatic rings. The maximum absolute atomic E-state index is 12.8. The van der Waals surface area contributed by atoms with Crippen molar-refractivity contribution in [1.82, 2.24) is 4.90 Å². The third-order valence-electron chi connectivity index (χ3n) is 4.56. The van der Waals surface area contributed by atoms with E-state index in [1.807, 2.05) is 30.3 Å². The average molecular weight is 373 g/mol. The lowest BCUT2D eigenvalue weighted by Crippen LogP contribution is -2.50. The molecule has 0 radical (unpaired) electrons. The van der Waals surface area contributed by atoms with Crippen molar-refractivity contribution in [2.75, 3.05) is 18.4 Å². The van der Waals surface area contributed by atoms with Crippen LogP contribution in [0, 0.1) is 0 Å². The summed E-state index contributed by atoms with van der Waals surface area (Å²) >= 11 is 3.57. The highest BCUT2D eigenvalue weighted by molar-refractivity contribution is 9.10. The fraction of sp³-hybridized carbons (Fsp3) is 0.316. The summed E-state index contributed by atoms with van der Waals surface area (Å²) in [5.74, 6) is 0.120. The van der Waals surface area contributed by atoms with Gasteiger partial charge in [0.1, 0.15) is 6.04 Å². The number of amides is 1. The van der Waals surface area contributed by atoms with Crippen LogP contribution in [0.5, 0.6) is 0 Å². The summed E-state index contributed by atoms with van der Waals surface area (Å²) in [4.78, 5) is 15.1. The van der Waals surface area contributed by atoms with Crippen LogP contribution in [0.15, 0.2) is 53.0 Å². The van der Waals surface area contributed by atoms with Gasteiger partial charge in [-0.25, -0.2) is 0 Å². The Hall–Kier alpha value is -1.65. The molecule has 0 aliphatic carbocycles. The van der Waals surface area contributed by atoms with Gasteiger partial charge in [-0.15, -0.1) is 0 Å². The lowest BCUT2D eigenvalue weighted by Gasteiger charge is -2.39. The van der Waals surface area contributed by atoms with Crippen molar-refractivity contribution in [3.8, 4) is 0 Å². The molecule has 23 heavy (non-hydrogen) atoms. The zero-order valence-electron chi connectivity index (χ0n) is 13.4. The van der Waals surface area contributed by atoms with Gasteiger partial charge in [0, 0.05) is 16.1 Å². The molecule has 0 spiro atoms. The van der Waals surface area contributed by atoms with Crippen LogP contribution < -0.4 is 5.32 Å². The summed E-state index contributed by atoms with van der Waals surface area (Å²) in [7, 11) is 0. The number of rotatable bonds is 4. The Morgan fingerprint density at radius 1 is 1.09 bits per heavy atom. The van der Waals surface area contributed by atoms with Gasteiger partial charge in [0.05, 0.1) is 0 Å². The fourth-order valence-electron chi connectivity index (χ4n) is 3.45. The first kappa shape index (κ1) is 16.2. The molecule has 2 aromatic carbocycles. The zero-order valence-corrected chi connectivity index (χ0v) is 15.0. The van der Waals surface area contributed by atoms with Crippen molar-refractivity contribution >= 4 is 27.5 Å². The van der Waals surface area contributed by atoms with Gasteiger partial charge >= 0.3 is 0 Å². The quantitative estimate of drug-likeness (QED) is 0.869. The maximum atomic E-state index is 12.8. The van der Waals surface area contributed by atoms with Crippen LogP contribution in [0.4, 0.5) is 5.69 Å². The summed E-state index contributed by atoms with van der Waals surface area (Å²) in [5.41, 5.74) is 3.26. The second-order valence-electron chi connectivity index (χ2n) is 5.78. The first-order valence-electron chi connectivity index (χ1n) is 8.05. The lowest BCUT2D eigenvalue weighted by molar-refractivity contribution is -0.122. The number of likely N-dealkylation sites (N-methyl/N-ethyl adjacent to an activating group) is 1. The van der Waals surface area contributed by atoms with Gasteiger partial charge in [0.2, 0.25) is 5.91 Å². The SMILES string of the molecule is CCN(CC)C1C(=O)Nc2ccc(Br)cc2C1c1ccccc1. The standard InChI is InChI=1S/C19H21BrN2O/c1-3-22(4-2)18-17(13-8-6-5-7-9-13)15-12-14(20)10-11-16(15)21-19(18)23/h5-12,17-18H,3-4H2,1-2H3,(H,21,23). The first-order chi connectivity index (χ1) is 11.2. The van der Waals surface area contributed by atoms with Crippen molar-refractivity contribution in [3.05, 3.63) is 64.1 Å². The van der Waals surface area contributed by atoms with E-state index in [0.717, 1.165) is 23.2 Å². The lowest BCUT2D eigenvalue weighted by atomic mass is 9.80. The molecule has 1 aliphatic rings. The van der Waals surface area contributed by atoms with E-state index in [9.17, 15) is 4.79 Å². The number of hydrogen-bond acceptors (Lipinski definition) is 2. The molecule has 0 saturated heterocycles. The number of nitrogens with one attached hydrogen (secondary N) is 1. The van der Waals surface area contributed by atoms with Crippen LogP contribution in [0.2, 0.25) is 0 Å². The number of nitrogens with zero attached hydrogens (tertiary/aromatic N) is 1. The summed E-state index contributed by atoms with van der Waals surface area (Å²) in [5, 5.41) is 3.08. The zero-order chi connectivity index (χ0) is 16.4. The summed E-state index contributed by atoms with van der Waals surface area (Å²) in [6.45, 7) is 5.91. The predicted molar refractivity (Wildman–Crippen MR) is 97.8 cm³/mol. The number of carbonyl (C=O) groups excluding carboxylic acids is 1.